The highest BCUT2D eigenvalue weighted by molar-refractivity contribution is 5.13. The van der Waals surface area contributed by atoms with Gasteiger partial charge in [0.15, 0.2) is 0 Å². The average Bonchev–Trinajstić information content (AvgIpc) is 2.87. The van der Waals surface area contributed by atoms with E-state index in [1.807, 2.05) is 19.4 Å². The molecule has 0 saturated heterocycles. The largest absolute Gasteiger partial charge is 0.383 e. The molecule has 0 amide bonds. The first kappa shape index (κ1) is 16.6. The van der Waals surface area contributed by atoms with Gasteiger partial charge in [0.05, 0.1) is 24.9 Å². The van der Waals surface area contributed by atoms with Crippen molar-refractivity contribution in [1.29, 1.82) is 5.26 Å². The Kier molecular flexibility index (Phi) is 7.23. The molecule has 0 spiro atoms. The third-order valence-electron chi connectivity index (χ3n) is 3.43. The summed E-state index contributed by atoms with van der Waals surface area (Å²) in [6.07, 6.45) is 5.20. The van der Waals surface area contributed by atoms with Gasteiger partial charge in [-0.25, -0.2) is 0 Å². The van der Waals surface area contributed by atoms with Crippen molar-refractivity contribution >= 4 is 0 Å². The Balaban J connectivity index is 2.94. The van der Waals surface area contributed by atoms with E-state index >= 15 is 0 Å². The lowest BCUT2D eigenvalue weighted by atomic mass is 9.98. The van der Waals surface area contributed by atoms with Crippen molar-refractivity contribution in [2.75, 3.05) is 26.8 Å². The molecule has 0 aliphatic carbocycles. The maximum Gasteiger partial charge on any atom is 0.0635 e. The summed E-state index contributed by atoms with van der Waals surface area (Å²) in [7, 11) is 3.58. The van der Waals surface area contributed by atoms with Crippen LogP contribution in [0, 0.1) is 11.3 Å². The van der Waals surface area contributed by atoms with Crippen LogP contribution in [0.15, 0.2) is 12.4 Å². The van der Waals surface area contributed by atoms with E-state index in [-0.39, 0.29) is 12.1 Å². The van der Waals surface area contributed by atoms with Crippen LogP contribution in [-0.4, -0.2) is 47.5 Å². The van der Waals surface area contributed by atoms with Crippen LogP contribution in [-0.2, 0) is 11.8 Å². The second-order valence-corrected chi connectivity index (χ2v) is 4.90. The van der Waals surface area contributed by atoms with E-state index < -0.39 is 0 Å². The molecule has 6 nitrogen and oxygen atoms in total. The van der Waals surface area contributed by atoms with Crippen molar-refractivity contribution in [2.45, 2.75) is 31.8 Å². The van der Waals surface area contributed by atoms with Gasteiger partial charge in [-0.2, -0.15) is 10.4 Å². The Bertz CT molecular complexity index is 425. The van der Waals surface area contributed by atoms with Gasteiger partial charge >= 0.3 is 0 Å². The van der Waals surface area contributed by atoms with Crippen LogP contribution in [0.1, 0.15) is 31.4 Å². The third-order valence-corrected chi connectivity index (χ3v) is 3.43. The summed E-state index contributed by atoms with van der Waals surface area (Å²) in [4.78, 5) is 2.22. The van der Waals surface area contributed by atoms with Crippen molar-refractivity contribution in [3.63, 3.8) is 0 Å². The minimum atomic E-state index is 0.00903. The van der Waals surface area contributed by atoms with Crippen molar-refractivity contribution < 1.29 is 4.74 Å². The average molecular weight is 279 g/mol. The van der Waals surface area contributed by atoms with E-state index in [9.17, 15) is 0 Å². The van der Waals surface area contributed by atoms with Crippen LogP contribution >= 0.6 is 0 Å². The molecule has 6 heteroatoms. The van der Waals surface area contributed by atoms with E-state index in [2.05, 4.69) is 23.0 Å². The van der Waals surface area contributed by atoms with E-state index in [1.54, 1.807) is 11.8 Å². The SMILES string of the molecule is CCC(N)C(c1cnn(C)c1)N(CCC#N)CCOC. The molecule has 2 N–H and O–H groups in total. The zero-order valence-electron chi connectivity index (χ0n) is 12.6. The predicted octanol–water partition coefficient (Wildman–Crippen LogP) is 1.06. The molecule has 1 heterocycles. The maximum absolute atomic E-state index is 8.84. The summed E-state index contributed by atoms with van der Waals surface area (Å²) in [6.45, 7) is 4.14. The fourth-order valence-corrected chi connectivity index (χ4v) is 2.34. The normalized spacial score (nSPS) is 14.2. The lowest BCUT2D eigenvalue weighted by Gasteiger charge is -2.34. The fourth-order valence-electron chi connectivity index (χ4n) is 2.34. The summed E-state index contributed by atoms with van der Waals surface area (Å²) in [6, 6.07) is 2.27. The number of nitrogens with two attached hydrogens (primary N) is 1. The molecular formula is C14H25N5O. The minimum absolute atomic E-state index is 0.00903. The fraction of sp³-hybridized carbons (Fsp3) is 0.714. The molecule has 1 aromatic rings. The number of hydrogen-bond donors (Lipinski definition) is 1. The van der Waals surface area contributed by atoms with Crippen LogP contribution in [0.4, 0.5) is 0 Å². The Hall–Kier alpha value is -1.42. The second-order valence-electron chi connectivity index (χ2n) is 4.90. The Morgan fingerprint density at radius 1 is 1.55 bits per heavy atom. The second kappa shape index (κ2) is 8.69. The van der Waals surface area contributed by atoms with Gasteiger partial charge in [0.2, 0.25) is 0 Å². The monoisotopic (exact) mass is 279 g/mol. The molecule has 1 rings (SSSR count). The molecule has 0 aliphatic heterocycles. The number of ether oxygens (including phenoxy) is 1. The van der Waals surface area contributed by atoms with Gasteiger partial charge in [-0.3, -0.25) is 9.58 Å². The number of aryl methyl sites for hydroxylation is 1. The standard InChI is InChI=1S/C14H25N5O/c1-4-13(16)14(12-10-17-18(2)11-12)19(7-5-6-15)8-9-20-3/h10-11,13-14H,4-5,7-9,16H2,1-3H3. The number of rotatable bonds is 9. The lowest BCUT2D eigenvalue weighted by Crippen LogP contribution is -2.42. The van der Waals surface area contributed by atoms with Crippen LogP contribution in [0.2, 0.25) is 0 Å². The number of methoxy groups -OCH3 is 1. The van der Waals surface area contributed by atoms with Gasteiger partial charge < -0.3 is 10.5 Å². The summed E-state index contributed by atoms with van der Waals surface area (Å²) < 4.78 is 6.95. The minimum Gasteiger partial charge on any atom is -0.383 e. The maximum atomic E-state index is 8.84. The van der Waals surface area contributed by atoms with Gasteiger partial charge in [0.1, 0.15) is 0 Å². The first-order valence-electron chi connectivity index (χ1n) is 6.98. The molecule has 2 atom stereocenters. The molecule has 0 fully saturated rings. The van der Waals surface area contributed by atoms with E-state index in [0.717, 1.165) is 18.5 Å². The lowest BCUT2D eigenvalue weighted by molar-refractivity contribution is 0.109. The molecule has 20 heavy (non-hydrogen) atoms. The molecule has 0 aromatic carbocycles. The quantitative estimate of drug-likeness (QED) is 0.731. The number of nitriles is 1. The number of nitrogens with zero attached hydrogens (tertiary/aromatic N) is 4. The Morgan fingerprint density at radius 3 is 2.80 bits per heavy atom. The number of hydrogen-bond acceptors (Lipinski definition) is 5. The molecule has 2 unspecified atom stereocenters. The molecule has 0 aliphatic rings. The van der Waals surface area contributed by atoms with Gasteiger partial charge in [0.25, 0.3) is 0 Å². The predicted molar refractivity (Wildman–Crippen MR) is 77.9 cm³/mol. The van der Waals surface area contributed by atoms with Crippen LogP contribution in [0.3, 0.4) is 0 Å². The van der Waals surface area contributed by atoms with Crippen LogP contribution in [0.5, 0.6) is 0 Å². The molecule has 0 saturated carbocycles. The first-order valence-corrected chi connectivity index (χ1v) is 6.98. The number of aromatic nitrogens is 2. The molecule has 112 valence electrons. The highest BCUT2D eigenvalue weighted by atomic mass is 16.5. The topological polar surface area (TPSA) is 80.1 Å². The highest BCUT2D eigenvalue weighted by Gasteiger charge is 2.26. The van der Waals surface area contributed by atoms with Gasteiger partial charge in [-0.15, -0.1) is 0 Å². The molecule has 1 aromatic heterocycles. The molecule has 0 bridgehead atoms. The van der Waals surface area contributed by atoms with Crippen molar-refractivity contribution in [1.82, 2.24) is 14.7 Å². The third kappa shape index (κ3) is 4.60. The Morgan fingerprint density at radius 2 is 2.30 bits per heavy atom. The van der Waals surface area contributed by atoms with Crippen LogP contribution in [0.25, 0.3) is 0 Å². The summed E-state index contributed by atoms with van der Waals surface area (Å²) in [5, 5.41) is 13.1. The zero-order valence-corrected chi connectivity index (χ0v) is 12.6. The van der Waals surface area contributed by atoms with Crippen LogP contribution < -0.4 is 5.73 Å². The Labute approximate surface area is 121 Å². The van der Waals surface area contributed by atoms with E-state index in [0.29, 0.717) is 19.6 Å². The smallest absolute Gasteiger partial charge is 0.0635 e. The zero-order chi connectivity index (χ0) is 15.0. The first-order chi connectivity index (χ1) is 9.63. The van der Waals surface area contributed by atoms with Gasteiger partial charge in [-0.05, 0) is 6.42 Å². The van der Waals surface area contributed by atoms with Gasteiger partial charge in [0, 0.05) is 51.5 Å². The van der Waals surface area contributed by atoms with E-state index in [1.165, 1.54) is 0 Å². The van der Waals surface area contributed by atoms with Gasteiger partial charge in [-0.1, -0.05) is 6.92 Å². The summed E-state index contributed by atoms with van der Waals surface area (Å²) >= 11 is 0. The summed E-state index contributed by atoms with van der Waals surface area (Å²) in [5.74, 6) is 0. The highest BCUT2D eigenvalue weighted by Crippen LogP contribution is 2.24. The van der Waals surface area contributed by atoms with E-state index in [4.69, 9.17) is 15.7 Å². The van der Waals surface area contributed by atoms with Crippen molar-refractivity contribution in [3.8, 4) is 6.07 Å². The van der Waals surface area contributed by atoms with Crippen molar-refractivity contribution in [2.24, 2.45) is 12.8 Å². The molecule has 0 radical (unpaired) electrons. The molecular weight excluding hydrogens is 254 g/mol. The van der Waals surface area contributed by atoms with Crippen molar-refractivity contribution in [3.05, 3.63) is 18.0 Å². The summed E-state index contributed by atoms with van der Waals surface area (Å²) in [5.41, 5.74) is 7.39.